The maximum absolute atomic E-state index is 7.28. The molecule has 0 atom stereocenters. The number of benzene rings is 1. The molecule has 30 heavy (non-hydrogen) atoms. The summed E-state index contributed by atoms with van der Waals surface area (Å²) in [6.07, 6.45) is 4.55. The molecule has 9 heteroatoms. The minimum atomic E-state index is -2.35. The summed E-state index contributed by atoms with van der Waals surface area (Å²) >= 11 is 0. The number of methoxy groups -OCH3 is 2. The lowest BCUT2D eigenvalue weighted by Crippen LogP contribution is -2.29. The molecule has 4 aromatic rings. The number of rotatable bonds is 5. The first-order chi connectivity index (χ1) is 15.8. The second-order valence-corrected chi connectivity index (χ2v) is 7.63. The van der Waals surface area contributed by atoms with Crippen molar-refractivity contribution in [2.45, 2.75) is 37.8 Å². The zero-order valence-corrected chi connectivity index (χ0v) is 16.8. The predicted octanol–water partition coefficient (Wildman–Crippen LogP) is 3.28. The number of H-pyrrole nitrogens is 1. The largest absolute Gasteiger partial charge is 0.480 e. The first-order valence-corrected chi connectivity index (χ1v) is 9.98. The summed E-state index contributed by atoms with van der Waals surface area (Å²) in [5.41, 5.74) is 4.34. The number of anilines is 1. The van der Waals surface area contributed by atoms with E-state index >= 15 is 0 Å². The SMILES string of the molecule is [2H]C([2H])([2H])O[C@H]1CC[C@@H](Nc2nc(OC)c3c(-c4ccc5nnn(C)c5c4)c[nH]c3n2)CC1. The van der Waals surface area contributed by atoms with Crippen LogP contribution in [-0.2, 0) is 11.8 Å². The molecule has 1 aliphatic rings. The number of fused-ring (bicyclic) bond motifs is 2. The van der Waals surface area contributed by atoms with Crippen LogP contribution in [0.15, 0.2) is 24.4 Å². The van der Waals surface area contributed by atoms with Crippen molar-refractivity contribution in [1.29, 1.82) is 0 Å². The van der Waals surface area contributed by atoms with Gasteiger partial charge < -0.3 is 19.8 Å². The van der Waals surface area contributed by atoms with Gasteiger partial charge in [-0.05, 0) is 43.4 Å². The summed E-state index contributed by atoms with van der Waals surface area (Å²) < 4.78 is 34.3. The van der Waals surface area contributed by atoms with Crippen LogP contribution in [-0.4, -0.2) is 56.2 Å². The maximum atomic E-state index is 7.28. The molecule has 1 fully saturated rings. The summed E-state index contributed by atoms with van der Waals surface area (Å²) in [6, 6.07) is 6.10. The molecule has 3 heterocycles. The summed E-state index contributed by atoms with van der Waals surface area (Å²) in [5, 5.41) is 12.4. The van der Waals surface area contributed by atoms with Gasteiger partial charge in [0.2, 0.25) is 11.8 Å². The zero-order chi connectivity index (χ0) is 23.2. The summed E-state index contributed by atoms with van der Waals surface area (Å²) in [5.74, 6) is 0.945. The molecule has 1 aromatic carbocycles. The zero-order valence-electron chi connectivity index (χ0n) is 19.8. The Labute approximate surface area is 178 Å². The van der Waals surface area contributed by atoms with Gasteiger partial charge in [-0.25, -0.2) is 4.68 Å². The monoisotopic (exact) mass is 410 g/mol. The van der Waals surface area contributed by atoms with Crippen molar-refractivity contribution in [2.24, 2.45) is 7.05 Å². The topological polar surface area (TPSA) is 103 Å². The lowest BCUT2D eigenvalue weighted by molar-refractivity contribution is 0.0681. The highest BCUT2D eigenvalue weighted by Crippen LogP contribution is 2.35. The molecule has 0 amide bonds. The minimum absolute atomic E-state index is 0.137. The molecule has 3 aromatic heterocycles. The van der Waals surface area contributed by atoms with E-state index in [9.17, 15) is 0 Å². The van der Waals surface area contributed by atoms with E-state index in [1.165, 1.54) is 0 Å². The Morgan fingerprint density at radius 3 is 2.90 bits per heavy atom. The first kappa shape index (κ1) is 15.6. The second kappa shape index (κ2) is 7.56. The normalized spacial score (nSPS) is 21.3. The molecule has 0 saturated heterocycles. The van der Waals surface area contributed by atoms with Crippen molar-refractivity contribution < 1.29 is 13.6 Å². The van der Waals surface area contributed by atoms with Gasteiger partial charge in [-0.15, -0.1) is 5.10 Å². The molecular formula is C21H25N7O2. The quantitative estimate of drug-likeness (QED) is 0.520. The maximum Gasteiger partial charge on any atom is 0.228 e. The highest BCUT2D eigenvalue weighted by Gasteiger charge is 2.23. The molecule has 0 bridgehead atoms. The van der Waals surface area contributed by atoms with E-state index in [1.807, 2.05) is 31.4 Å². The molecule has 9 nitrogen and oxygen atoms in total. The van der Waals surface area contributed by atoms with Crippen LogP contribution in [0.3, 0.4) is 0 Å². The fraction of sp³-hybridized carbons (Fsp3) is 0.429. The molecule has 0 unspecified atom stereocenters. The molecule has 1 saturated carbocycles. The van der Waals surface area contributed by atoms with Crippen molar-refractivity contribution in [2.75, 3.05) is 19.5 Å². The average Bonchev–Trinajstić information content (AvgIpc) is 3.37. The van der Waals surface area contributed by atoms with Crippen LogP contribution in [0.25, 0.3) is 33.2 Å². The van der Waals surface area contributed by atoms with E-state index in [0.29, 0.717) is 30.3 Å². The number of nitrogens with zero attached hydrogens (tertiary/aromatic N) is 5. The lowest BCUT2D eigenvalue weighted by Gasteiger charge is -2.28. The van der Waals surface area contributed by atoms with Gasteiger partial charge in [-0.3, -0.25) is 0 Å². The molecular weight excluding hydrogens is 382 g/mol. The first-order valence-electron chi connectivity index (χ1n) is 11.5. The molecule has 156 valence electrons. The van der Waals surface area contributed by atoms with Crippen molar-refractivity contribution in [3.63, 3.8) is 0 Å². The Bertz CT molecular complexity index is 1290. The molecule has 5 rings (SSSR count). The van der Waals surface area contributed by atoms with Gasteiger partial charge in [-0.1, -0.05) is 11.3 Å². The van der Waals surface area contributed by atoms with E-state index < -0.39 is 7.04 Å². The van der Waals surface area contributed by atoms with E-state index in [-0.39, 0.29) is 12.1 Å². The Kier molecular flexibility index (Phi) is 3.94. The van der Waals surface area contributed by atoms with Gasteiger partial charge in [0.25, 0.3) is 0 Å². The van der Waals surface area contributed by atoms with Crippen LogP contribution in [0.2, 0.25) is 0 Å². The Hall–Kier alpha value is -3.20. The second-order valence-electron chi connectivity index (χ2n) is 7.63. The molecule has 0 aliphatic heterocycles. The number of aromatic amines is 1. The third-order valence-electron chi connectivity index (χ3n) is 5.79. The standard InChI is InChI=1S/C21H25N7O2/c1-28-17-10-12(4-9-16(17)26-27-28)15-11-22-19-18(15)20(30-3)25-21(24-19)23-13-5-7-14(29-2)8-6-13/h4,9-11,13-14H,5-8H2,1-3H3,(H2,22,23,24,25)/t13-,14+/i2D3. The van der Waals surface area contributed by atoms with Crippen molar-refractivity contribution in [3.8, 4) is 17.0 Å². The van der Waals surface area contributed by atoms with Gasteiger partial charge >= 0.3 is 0 Å². The number of hydrogen-bond acceptors (Lipinski definition) is 7. The van der Waals surface area contributed by atoms with Crippen LogP contribution in [0.4, 0.5) is 5.95 Å². The van der Waals surface area contributed by atoms with Crippen LogP contribution in [0.5, 0.6) is 5.88 Å². The van der Waals surface area contributed by atoms with Crippen molar-refractivity contribution in [3.05, 3.63) is 24.4 Å². The van der Waals surface area contributed by atoms with Gasteiger partial charge in [0, 0.05) is 31.9 Å². The van der Waals surface area contributed by atoms with E-state index in [0.717, 1.165) is 40.4 Å². The van der Waals surface area contributed by atoms with Gasteiger partial charge in [0.15, 0.2) is 0 Å². The van der Waals surface area contributed by atoms with Crippen LogP contribution < -0.4 is 10.1 Å². The highest BCUT2D eigenvalue weighted by atomic mass is 16.5. The average molecular weight is 410 g/mol. The van der Waals surface area contributed by atoms with Crippen molar-refractivity contribution >= 4 is 28.0 Å². The summed E-state index contributed by atoms with van der Waals surface area (Å²) in [4.78, 5) is 12.5. The number of aryl methyl sites for hydroxylation is 1. The van der Waals surface area contributed by atoms with Gasteiger partial charge in [-0.2, -0.15) is 9.97 Å². The molecule has 0 spiro atoms. The Morgan fingerprint density at radius 2 is 2.10 bits per heavy atom. The highest BCUT2D eigenvalue weighted by molar-refractivity contribution is 5.99. The van der Waals surface area contributed by atoms with Crippen LogP contribution in [0.1, 0.15) is 29.8 Å². The number of hydrogen-bond donors (Lipinski definition) is 2. The van der Waals surface area contributed by atoms with Gasteiger partial charge in [0.1, 0.15) is 11.2 Å². The lowest BCUT2D eigenvalue weighted by atomic mass is 9.93. The number of aromatic nitrogens is 6. The molecule has 2 N–H and O–H groups in total. The van der Waals surface area contributed by atoms with Gasteiger partial charge in [0.05, 0.1) is 28.2 Å². The fourth-order valence-electron chi connectivity index (χ4n) is 4.15. The molecule has 0 radical (unpaired) electrons. The van der Waals surface area contributed by atoms with Crippen LogP contribution in [0, 0.1) is 0 Å². The third kappa shape index (κ3) is 3.24. The summed E-state index contributed by atoms with van der Waals surface area (Å²) in [6.45, 7) is 0. The number of ether oxygens (including phenoxy) is 2. The fourth-order valence-corrected chi connectivity index (χ4v) is 4.15. The Balaban J connectivity index is 1.39. The number of nitrogens with one attached hydrogen (secondary N) is 2. The van der Waals surface area contributed by atoms with E-state index in [2.05, 4.69) is 30.6 Å². The molecule has 1 aliphatic carbocycles. The van der Waals surface area contributed by atoms with E-state index in [4.69, 9.17) is 13.6 Å². The minimum Gasteiger partial charge on any atom is -0.480 e. The summed E-state index contributed by atoms with van der Waals surface area (Å²) in [7, 11) is 1.10. The van der Waals surface area contributed by atoms with Crippen molar-refractivity contribution in [1.82, 2.24) is 29.9 Å². The smallest absolute Gasteiger partial charge is 0.228 e. The Morgan fingerprint density at radius 1 is 1.23 bits per heavy atom. The van der Waals surface area contributed by atoms with E-state index in [1.54, 1.807) is 11.8 Å². The van der Waals surface area contributed by atoms with Crippen LogP contribution >= 0.6 is 0 Å². The third-order valence-corrected chi connectivity index (χ3v) is 5.79. The predicted molar refractivity (Wildman–Crippen MR) is 115 cm³/mol.